The predicted molar refractivity (Wildman–Crippen MR) is 101 cm³/mol. The third-order valence-electron chi connectivity index (χ3n) is 5.18. The van der Waals surface area contributed by atoms with Crippen LogP contribution in [0.3, 0.4) is 0 Å². The van der Waals surface area contributed by atoms with Crippen LogP contribution >= 0.6 is 0 Å². The summed E-state index contributed by atoms with van der Waals surface area (Å²) in [6.07, 6.45) is 1.50. The lowest BCUT2D eigenvalue weighted by molar-refractivity contribution is 0.0694. The van der Waals surface area contributed by atoms with Gasteiger partial charge in [-0.05, 0) is 56.0 Å². The summed E-state index contributed by atoms with van der Waals surface area (Å²) in [5.41, 5.74) is 4.33. The van der Waals surface area contributed by atoms with Gasteiger partial charge in [0.1, 0.15) is 0 Å². The Balaban J connectivity index is 1.57. The molecule has 134 valence electrons. The fourth-order valence-electron chi connectivity index (χ4n) is 3.91. The summed E-state index contributed by atoms with van der Waals surface area (Å²) in [6, 6.07) is 13.4. The first kappa shape index (κ1) is 16.6. The number of aryl methyl sites for hydroxylation is 2. The topological polar surface area (TPSA) is 55.5 Å². The Morgan fingerprint density at radius 3 is 2.46 bits per heavy atom. The highest BCUT2D eigenvalue weighted by Gasteiger charge is 2.27. The Morgan fingerprint density at radius 2 is 1.77 bits per heavy atom. The number of likely N-dealkylation sites (tertiary alicyclic amines) is 1. The molecule has 1 aromatic heterocycles. The minimum atomic E-state index is -0.304. The monoisotopic (exact) mass is 350 g/mol. The molecule has 26 heavy (non-hydrogen) atoms. The van der Waals surface area contributed by atoms with E-state index in [1.165, 1.54) is 0 Å². The van der Waals surface area contributed by atoms with Crippen LogP contribution in [0.5, 0.6) is 0 Å². The summed E-state index contributed by atoms with van der Waals surface area (Å²) >= 11 is 0. The van der Waals surface area contributed by atoms with Gasteiger partial charge in [0, 0.05) is 24.7 Å². The molecule has 3 aromatic rings. The molecule has 1 saturated heterocycles. The number of nitrogens with zero attached hydrogens (tertiary/aromatic N) is 2. The minimum absolute atomic E-state index is 0.0557. The lowest BCUT2D eigenvalue weighted by Gasteiger charge is -2.32. The van der Waals surface area contributed by atoms with E-state index in [2.05, 4.69) is 0 Å². The smallest absolute Gasteiger partial charge is 0.407 e. The van der Waals surface area contributed by atoms with E-state index < -0.39 is 0 Å². The standard InChI is InChI=1S/C21H22N2O3/c1-14-12-15(2)19-18(13-14)23(21(25)26-19)17-8-10-22(11-9-17)20(24)16-6-4-3-5-7-16/h3-7,12-13,17H,8-11H2,1-2H3. The van der Waals surface area contributed by atoms with E-state index >= 15 is 0 Å². The number of carbonyl (C=O) groups excluding carboxylic acids is 1. The predicted octanol–water partition coefficient (Wildman–Crippen LogP) is 3.69. The molecule has 1 amide bonds. The van der Waals surface area contributed by atoms with Crippen molar-refractivity contribution < 1.29 is 9.21 Å². The normalized spacial score (nSPS) is 15.5. The number of hydrogen-bond acceptors (Lipinski definition) is 3. The van der Waals surface area contributed by atoms with Gasteiger partial charge >= 0.3 is 5.76 Å². The van der Waals surface area contributed by atoms with E-state index in [0.29, 0.717) is 24.2 Å². The third kappa shape index (κ3) is 2.83. The fraction of sp³-hybridized carbons (Fsp3) is 0.333. The Kier molecular flexibility index (Phi) is 4.15. The highest BCUT2D eigenvalue weighted by molar-refractivity contribution is 5.94. The summed E-state index contributed by atoms with van der Waals surface area (Å²) in [5, 5.41) is 0. The number of carbonyl (C=O) groups is 1. The van der Waals surface area contributed by atoms with E-state index in [9.17, 15) is 9.59 Å². The SMILES string of the molecule is Cc1cc(C)c2oc(=O)n(C3CCN(C(=O)c4ccccc4)CC3)c2c1. The molecule has 0 radical (unpaired) electrons. The van der Waals surface area contributed by atoms with Crippen molar-refractivity contribution in [2.24, 2.45) is 0 Å². The number of piperidine rings is 1. The molecule has 5 heteroatoms. The molecule has 1 aliphatic heterocycles. The molecule has 0 bridgehead atoms. The number of rotatable bonds is 2. The largest absolute Gasteiger partial charge is 0.420 e. The van der Waals surface area contributed by atoms with Gasteiger partial charge in [-0.2, -0.15) is 0 Å². The van der Waals surface area contributed by atoms with Crippen molar-refractivity contribution in [2.45, 2.75) is 32.7 Å². The molecular weight excluding hydrogens is 328 g/mol. The van der Waals surface area contributed by atoms with Crippen LogP contribution in [0.1, 0.15) is 40.4 Å². The molecule has 5 nitrogen and oxygen atoms in total. The van der Waals surface area contributed by atoms with Gasteiger partial charge in [-0.1, -0.05) is 24.3 Å². The van der Waals surface area contributed by atoms with Gasteiger partial charge in [0.2, 0.25) is 0 Å². The van der Waals surface area contributed by atoms with Gasteiger partial charge in [0.15, 0.2) is 5.58 Å². The molecule has 0 atom stereocenters. The number of aromatic nitrogens is 1. The average Bonchev–Trinajstić information content (AvgIpc) is 2.98. The van der Waals surface area contributed by atoms with E-state index in [1.54, 1.807) is 4.57 Å². The maximum atomic E-state index is 12.6. The van der Waals surface area contributed by atoms with Crippen molar-refractivity contribution in [3.63, 3.8) is 0 Å². The first-order valence-corrected chi connectivity index (χ1v) is 9.01. The van der Waals surface area contributed by atoms with E-state index in [-0.39, 0.29) is 17.7 Å². The van der Waals surface area contributed by atoms with Crippen LogP contribution < -0.4 is 5.76 Å². The molecule has 0 spiro atoms. The minimum Gasteiger partial charge on any atom is -0.407 e. The molecule has 1 aliphatic rings. The second-order valence-corrected chi connectivity index (χ2v) is 7.06. The molecule has 2 aromatic carbocycles. The summed E-state index contributed by atoms with van der Waals surface area (Å²) in [6.45, 7) is 5.27. The Labute approximate surface area is 151 Å². The van der Waals surface area contributed by atoms with Crippen LogP contribution in [-0.4, -0.2) is 28.5 Å². The van der Waals surface area contributed by atoms with Crippen molar-refractivity contribution in [3.8, 4) is 0 Å². The van der Waals surface area contributed by atoms with Crippen LogP contribution in [0.2, 0.25) is 0 Å². The zero-order chi connectivity index (χ0) is 18.3. The van der Waals surface area contributed by atoms with E-state index in [0.717, 1.165) is 29.5 Å². The summed E-state index contributed by atoms with van der Waals surface area (Å²) in [5.74, 6) is -0.248. The van der Waals surface area contributed by atoms with Crippen molar-refractivity contribution in [1.29, 1.82) is 0 Å². The van der Waals surface area contributed by atoms with Crippen LogP contribution in [0.4, 0.5) is 0 Å². The second-order valence-electron chi connectivity index (χ2n) is 7.06. The van der Waals surface area contributed by atoms with E-state index in [1.807, 2.05) is 61.2 Å². The summed E-state index contributed by atoms with van der Waals surface area (Å²) < 4.78 is 7.29. The molecule has 0 N–H and O–H groups in total. The fourth-order valence-corrected chi connectivity index (χ4v) is 3.91. The molecule has 0 aliphatic carbocycles. The highest BCUT2D eigenvalue weighted by Crippen LogP contribution is 2.28. The van der Waals surface area contributed by atoms with Crippen LogP contribution in [-0.2, 0) is 0 Å². The van der Waals surface area contributed by atoms with Crippen molar-refractivity contribution in [3.05, 3.63) is 69.7 Å². The van der Waals surface area contributed by atoms with Crippen LogP contribution in [0.15, 0.2) is 51.7 Å². The lowest BCUT2D eigenvalue weighted by atomic mass is 10.0. The van der Waals surface area contributed by atoms with Gasteiger partial charge in [0.25, 0.3) is 5.91 Å². The molecule has 2 heterocycles. The average molecular weight is 350 g/mol. The van der Waals surface area contributed by atoms with Gasteiger partial charge < -0.3 is 9.32 Å². The maximum absolute atomic E-state index is 12.6. The second kappa shape index (κ2) is 6.48. The molecule has 0 unspecified atom stereocenters. The Morgan fingerprint density at radius 1 is 1.08 bits per heavy atom. The quantitative estimate of drug-likeness (QED) is 0.708. The molecule has 0 saturated carbocycles. The molecule has 4 rings (SSSR count). The third-order valence-corrected chi connectivity index (χ3v) is 5.18. The van der Waals surface area contributed by atoms with Crippen LogP contribution in [0.25, 0.3) is 11.1 Å². The van der Waals surface area contributed by atoms with Gasteiger partial charge in [-0.3, -0.25) is 9.36 Å². The molecule has 1 fully saturated rings. The molecular formula is C21H22N2O3. The zero-order valence-electron chi connectivity index (χ0n) is 15.1. The summed E-state index contributed by atoms with van der Waals surface area (Å²) in [7, 11) is 0. The van der Waals surface area contributed by atoms with Gasteiger partial charge in [-0.25, -0.2) is 4.79 Å². The van der Waals surface area contributed by atoms with Gasteiger partial charge in [-0.15, -0.1) is 0 Å². The first-order valence-electron chi connectivity index (χ1n) is 9.01. The van der Waals surface area contributed by atoms with Crippen molar-refractivity contribution in [2.75, 3.05) is 13.1 Å². The number of fused-ring (bicyclic) bond motifs is 1. The summed E-state index contributed by atoms with van der Waals surface area (Å²) in [4.78, 5) is 26.9. The first-order chi connectivity index (χ1) is 12.5. The van der Waals surface area contributed by atoms with Crippen LogP contribution in [0, 0.1) is 13.8 Å². The highest BCUT2D eigenvalue weighted by atomic mass is 16.4. The lowest BCUT2D eigenvalue weighted by Crippen LogP contribution is -2.40. The van der Waals surface area contributed by atoms with E-state index in [4.69, 9.17) is 4.42 Å². The zero-order valence-corrected chi connectivity index (χ0v) is 15.1. The van der Waals surface area contributed by atoms with Crippen molar-refractivity contribution >= 4 is 17.0 Å². The van der Waals surface area contributed by atoms with Crippen molar-refractivity contribution in [1.82, 2.24) is 9.47 Å². The number of oxazole rings is 1. The maximum Gasteiger partial charge on any atom is 0.420 e. The Hall–Kier alpha value is -2.82. The van der Waals surface area contributed by atoms with Gasteiger partial charge in [0.05, 0.1) is 5.52 Å². The number of benzene rings is 2. The number of hydrogen-bond donors (Lipinski definition) is 0. The number of amides is 1. The Bertz CT molecular complexity index is 1010.